The second kappa shape index (κ2) is 9.30. The van der Waals surface area contributed by atoms with Gasteiger partial charge in [-0.3, -0.25) is 9.69 Å². The summed E-state index contributed by atoms with van der Waals surface area (Å²) in [5.41, 5.74) is 1.76. The summed E-state index contributed by atoms with van der Waals surface area (Å²) < 4.78 is 3.19. The fourth-order valence-electron chi connectivity index (χ4n) is 3.60. The van der Waals surface area contributed by atoms with Crippen LogP contribution in [0.5, 0.6) is 0 Å². The third-order valence-electron chi connectivity index (χ3n) is 5.13. The SMILES string of the molecule is O=C(c1cc(Cl)sc1Cl)N1CCCN(Cc2nccn2Cc2ccccc2)CC1. The van der Waals surface area contributed by atoms with E-state index in [2.05, 4.69) is 38.7 Å². The van der Waals surface area contributed by atoms with Crippen molar-refractivity contribution in [3.8, 4) is 0 Å². The summed E-state index contributed by atoms with van der Waals surface area (Å²) in [4.78, 5) is 21.6. The van der Waals surface area contributed by atoms with Gasteiger partial charge in [0, 0.05) is 45.1 Å². The zero-order chi connectivity index (χ0) is 20.2. The minimum absolute atomic E-state index is 0.0365. The second-order valence-corrected chi connectivity index (χ2v) is 9.40. The molecule has 29 heavy (non-hydrogen) atoms. The molecule has 0 bridgehead atoms. The van der Waals surface area contributed by atoms with E-state index < -0.39 is 0 Å². The standard InChI is InChI=1S/C21H22Cl2N4OS/c22-18-13-17(20(23)29-18)21(28)26-9-4-8-25(11-12-26)15-19-24-7-10-27(19)14-16-5-2-1-3-6-16/h1-3,5-7,10,13H,4,8-9,11-12,14-15H2. The fraction of sp³-hybridized carbons (Fsp3) is 0.333. The van der Waals surface area contributed by atoms with Crippen molar-refractivity contribution in [1.82, 2.24) is 19.4 Å². The average molecular weight is 449 g/mol. The maximum absolute atomic E-state index is 12.8. The zero-order valence-electron chi connectivity index (χ0n) is 15.9. The molecule has 3 heterocycles. The Labute approximate surface area is 184 Å². The zero-order valence-corrected chi connectivity index (χ0v) is 18.3. The number of amides is 1. The maximum Gasteiger partial charge on any atom is 0.256 e. The third-order valence-corrected chi connectivity index (χ3v) is 6.61. The summed E-state index contributed by atoms with van der Waals surface area (Å²) in [6, 6.07) is 12.1. The molecular weight excluding hydrogens is 427 g/mol. The first-order valence-electron chi connectivity index (χ1n) is 9.60. The molecule has 0 spiro atoms. The van der Waals surface area contributed by atoms with E-state index in [4.69, 9.17) is 23.2 Å². The van der Waals surface area contributed by atoms with Crippen molar-refractivity contribution in [2.24, 2.45) is 0 Å². The van der Waals surface area contributed by atoms with Crippen LogP contribution < -0.4 is 0 Å². The van der Waals surface area contributed by atoms with Gasteiger partial charge >= 0.3 is 0 Å². The number of nitrogens with zero attached hydrogens (tertiary/aromatic N) is 4. The molecule has 0 N–H and O–H groups in total. The molecule has 0 radical (unpaired) electrons. The van der Waals surface area contributed by atoms with Crippen LogP contribution in [0.4, 0.5) is 0 Å². The van der Waals surface area contributed by atoms with Crippen molar-refractivity contribution in [2.45, 2.75) is 19.5 Å². The normalized spacial score (nSPS) is 15.4. The number of aromatic nitrogens is 2. The van der Waals surface area contributed by atoms with E-state index in [0.717, 1.165) is 45.0 Å². The van der Waals surface area contributed by atoms with Crippen LogP contribution in [0.15, 0.2) is 48.8 Å². The van der Waals surface area contributed by atoms with E-state index in [-0.39, 0.29) is 5.91 Å². The van der Waals surface area contributed by atoms with Crippen molar-refractivity contribution in [3.63, 3.8) is 0 Å². The van der Waals surface area contributed by atoms with Gasteiger partial charge in [0.2, 0.25) is 0 Å². The third kappa shape index (κ3) is 5.01. The molecule has 0 unspecified atom stereocenters. The van der Waals surface area contributed by atoms with Crippen LogP contribution in [0.3, 0.4) is 0 Å². The predicted molar refractivity (Wildman–Crippen MR) is 118 cm³/mol. The molecule has 3 aromatic rings. The molecule has 1 saturated heterocycles. The molecular formula is C21H22Cl2N4OS. The highest BCUT2D eigenvalue weighted by molar-refractivity contribution is 7.20. The van der Waals surface area contributed by atoms with Crippen LogP contribution in [-0.2, 0) is 13.1 Å². The van der Waals surface area contributed by atoms with Crippen molar-refractivity contribution in [2.75, 3.05) is 26.2 Å². The lowest BCUT2D eigenvalue weighted by atomic mass is 10.2. The Bertz CT molecular complexity index is 972. The van der Waals surface area contributed by atoms with E-state index >= 15 is 0 Å². The maximum atomic E-state index is 12.8. The van der Waals surface area contributed by atoms with Gasteiger partial charge in [0.25, 0.3) is 5.91 Å². The van der Waals surface area contributed by atoms with Gasteiger partial charge in [0.15, 0.2) is 0 Å². The molecule has 2 aromatic heterocycles. The van der Waals surface area contributed by atoms with Gasteiger partial charge in [0.05, 0.1) is 16.4 Å². The molecule has 1 aromatic carbocycles. The van der Waals surface area contributed by atoms with Crippen LogP contribution in [0.25, 0.3) is 0 Å². The molecule has 8 heteroatoms. The first-order chi connectivity index (χ1) is 14.1. The monoisotopic (exact) mass is 448 g/mol. The molecule has 0 atom stereocenters. The molecule has 1 aliphatic rings. The first kappa shape index (κ1) is 20.4. The number of hydrogen-bond donors (Lipinski definition) is 0. The van der Waals surface area contributed by atoms with Crippen molar-refractivity contribution in [3.05, 3.63) is 74.4 Å². The van der Waals surface area contributed by atoms with Crippen molar-refractivity contribution < 1.29 is 4.79 Å². The van der Waals surface area contributed by atoms with Gasteiger partial charge in [-0.05, 0) is 18.1 Å². The molecule has 1 fully saturated rings. The van der Waals surface area contributed by atoms with Gasteiger partial charge in [-0.1, -0.05) is 53.5 Å². The van der Waals surface area contributed by atoms with Crippen LogP contribution in [0.2, 0.25) is 8.67 Å². The Balaban J connectivity index is 1.38. The quantitative estimate of drug-likeness (QED) is 0.570. The Morgan fingerprint density at radius 1 is 1.07 bits per heavy atom. The molecule has 0 aliphatic carbocycles. The summed E-state index contributed by atoms with van der Waals surface area (Å²) in [6.45, 7) is 4.71. The highest BCUT2D eigenvalue weighted by Crippen LogP contribution is 2.32. The van der Waals surface area contributed by atoms with Gasteiger partial charge in [-0.2, -0.15) is 0 Å². The minimum Gasteiger partial charge on any atom is -0.337 e. The molecule has 4 rings (SSSR count). The molecule has 152 valence electrons. The van der Waals surface area contributed by atoms with Gasteiger partial charge in [-0.15, -0.1) is 11.3 Å². The Kier molecular flexibility index (Phi) is 6.55. The lowest BCUT2D eigenvalue weighted by Gasteiger charge is -2.22. The van der Waals surface area contributed by atoms with Crippen LogP contribution in [0, 0.1) is 0 Å². The van der Waals surface area contributed by atoms with Gasteiger partial charge < -0.3 is 9.47 Å². The number of halogens is 2. The topological polar surface area (TPSA) is 41.4 Å². The summed E-state index contributed by atoms with van der Waals surface area (Å²) >= 11 is 13.4. The minimum atomic E-state index is -0.0365. The number of hydrogen-bond acceptors (Lipinski definition) is 4. The lowest BCUT2D eigenvalue weighted by molar-refractivity contribution is 0.0761. The van der Waals surface area contributed by atoms with E-state index in [1.165, 1.54) is 16.9 Å². The lowest BCUT2D eigenvalue weighted by Crippen LogP contribution is -2.35. The largest absolute Gasteiger partial charge is 0.337 e. The molecule has 0 saturated carbocycles. The summed E-state index contributed by atoms with van der Waals surface area (Å²) in [7, 11) is 0. The van der Waals surface area contributed by atoms with Crippen LogP contribution >= 0.6 is 34.5 Å². The van der Waals surface area contributed by atoms with E-state index in [9.17, 15) is 4.79 Å². The molecule has 1 aliphatic heterocycles. The number of benzene rings is 1. The Morgan fingerprint density at radius 2 is 1.90 bits per heavy atom. The van der Waals surface area contributed by atoms with E-state index in [1.807, 2.05) is 23.4 Å². The second-order valence-electron chi connectivity index (χ2n) is 7.12. The number of carbonyl (C=O) groups excluding carboxylic acids is 1. The number of rotatable bonds is 5. The van der Waals surface area contributed by atoms with E-state index in [0.29, 0.717) is 20.8 Å². The Hall–Kier alpha value is -1.86. The average Bonchev–Trinajstić information content (AvgIpc) is 3.20. The number of thiophene rings is 1. The van der Waals surface area contributed by atoms with E-state index in [1.54, 1.807) is 6.07 Å². The van der Waals surface area contributed by atoms with Crippen LogP contribution in [-0.4, -0.2) is 51.4 Å². The Morgan fingerprint density at radius 3 is 2.66 bits per heavy atom. The van der Waals surface area contributed by atoms with Gasteiger partial charge in [0.1, 0.15) is 10.2 Å². The fourth-order valence-corrected chi connectivity index (χ4v) is 5.05. The highest BCUT2D eigenvalue weighted by atomic mass is 35.5. The van der Waals surface area contributed by atoms with Crippen molar-refractivity contribution in [1.29, 1.82) is 0 Å². The summed E-state index contributed by atoms with van der Waals surface area (Å²) in [6.07, 6.45) is 4.80. The molecule has 5 nitrogen and oxygen atoms in total. The van der Waals surface area contributed by atoms with Crippen molar-refractivity contribution >= 4 is 40.4 Å². The first-order valence-corrected chi connectivity index (χ1v) is 11.2. The smallest absolute Gasteiger partial charge is 0.256 e. The highest BCUT2D eigenvalue weighted by Gasteiger charge is 2.24. The molecule has 1 amide bonds. The number of imidazole rings is 1. The number of carbonyl (C=O) groups is 1. The summed E-state index contributed by atoms with van der Waals surface area (Å²) in [5.74, 6) is 1.01. The summed E-state index contributed by atoms with van der Waals surface area (Å²) in [5, 5.41) is 0. The van der Waals surface area contributed by atoms with Gasteiger partial charge in [-0.25, -0.2) is 4.98 Å². The van der Waals surface area contributed by atoms with Crippen LogP contribution in [0.1, 0.15) is 28.2 Å². The predicted octanol–water partition coefficient (Wildman–Crippen LogP) is 4.65.